The molecule has 0 amide bonds. The van der Waals surface area contributed by atoms with Crippen LogP contribution in [0.5, 0.6) is 0 Å². The van der Waals surface area contributed by atoms with Crippen molar-refractivity contribution in [3.05, 3.63) is 52.3 Å². The first-order valence-electron chi connectivity index (χ1n) is 10.5. The molecular formula is C23H25N5OS4. The lowest BCUT2D eigenvalue weighted by Crippen LogP contribution is -2.42. The molecule has 2 aliphatic rings. The van der Waals surface area contributed by atoms with Crippen molar-refractivity contribution >= 4 is 57.1 Å². The third-order valence-corrected chi connectivity index (χ3v) is 9.73. The van der Waals surface area contributed by atoms with Gasteiger partial charge < -0.3 is 5.73 Å². The van der Waals surface area contributed by atoms with Crippen molar-refractivity contribution in [1.29, 1.82) is 5.26 Å². The topological polar surface area (TPSA) is 95.9 Å². The fourth-order valence-corrected chi connectivity index (χ4v) is 8.00. The minimum Gasteiger partial charge on any atom is -0.384 e. The van der Waals surface area contributed by atoms with Gasteiger partial charge in [-0.05, 0) is 34.6 Å². The number of anilines is 1. The summed E-state index contributed by atoms with van der Waals surface area (Å²) in [5, 5.41) is 21.5. The molecule has 2 N–H and O–H groups in total. The number of thiophene rings is 1. The van der Waals surface area contributed by atoms with Gasteiger partial charge in [0, 0.05) is 23.4 Å². The number of nitrogens with zero attached hydrogens (tertiary/aromatic N) is 4. The van der Waals surface area contributed by atoms with Crippen molar-refractivity contribution in [3.63, 3.8) is 0 Å². The summed E-state index contributed by atoms with van der Waals surface area (Å²) in [4.78, 5) is 15.4. The predicted octanol–water partition coefficient (Wildman–Crippen LogP) is 5.93. The summed E-state index contributed by atoms with van der Waals surface area (Å²) in [7, 11) is 0. The van der Waals surface area contributed by atoms with Crippen molar-refractivity contribution in [3.8, 4) is 6.07 Å². The number of Topliss-reactive ketones (excluding diaryl/α,β-unsaturated/α-hetero) is 1. The lowest BCUT2D eigenvalue weighted by Gasteiger charge is -2.42. The van der Waals surface area contributed by atoms with Crippen molar-refractivity contribution in [2.45, 2.75) is 48.1 Å². The summed E-state index contributed by atoms with van der Waals surface area (Å²) in [5.41, 5.74) is 9.37. The highest BCUT2D eigenvalue weighted by molar-refractivity contribution is 8.01. The monoisotopic (exact) mass is 515 g/mol. The van der Waals surface area contributed by atoms with E-state index in [0.717, 1.165) is 31.3 Å². The van der Waals surface area contributed by atoms with Crippen molar-refractivity contribution in [2.24, 2.45) is 11.1 Å². The van der Waals surface area contributed by atoms with Gasteiger partial charge in [0.25, 0.3) is 0 Å². The molecule has 4 rings (SSSR count). The highest BCUT2D eigenvalue weighted by Crippen LogP contribution is 2.52. The molecule has 0 bridgehead atoms. The van der Waals surface area contributed by atoms with E-state index in [1.54, 1.807) is 39.8 Å². The van der Waals surface area contributed by atoms with Gasteiger partial charge in [-0.2, -0.15) is 5.26 Å². The molecule has 6 nitrogen and oxygen atoms in total. The number of allylic oxidation sites excluding steroid dienone is 3. The van der Waals surface area contributed by atoms with Gasteiger partial charge in [0.2, 0.25) is 5.13 Å². The summed E-state index contributed by atoms with van der Waals surface area (Å²) in [6, 6.07) is 4.36. The lowest BCUT2D eigenvalue weighted by molar-refractivity contribution is -0.118. The van der Waals surface area contributed by atoms with E-state index in [4.69, 9.17) is 5.73 Å². The summed E-state index contributed by atoms with van der Waals surface area (Å²) in [6.07, 6.45) is 2.92. The summed E-state index contributed by atoms with van der Waals surface area (Å²) < 4.78 is 1.92. The highest BCUT2D eigenvalue weighted by Gasteiger charge is 2.46. The average molecular weight is 516 g/mol. The van der Waals surface area contributed by atoms with Crippen LogP contribution in [0, 0.1) is 16.7 Å². The first-order valence-corrected chi connectivity index (χ1v) is 14.2. The molecule has 0 saturated heterocycles. The Morgan fingerprint density at radius 1 is 1.39 bits per heavy atom. The lowest BCUT2D eigenvalue weighted by atomic mass is 9.69. The highest BCUT2D eigenvalue weighted by atomic mass is 32.2. The van der Waals surface area contributed by atoms with E-state index in [9.17, 15) is 10.1 Å². The molecule has 0 aromatic carbocycles. The molecule has 172 valence electrons. The number of nitrogens with two attached hydrogens (primary N) is 1. The standard InChI is InChI=1S/C23H25N5OS4/c1-5-8-32-22-27-26-21(33-22)28-15-10-23(3,4)11-16(29)18(15)17(14(12-24)19(28)25)13-7-9-31-20(13)30-6-2/h5,7,9,17H,1,6,8,10-11,25H2,2-4H3. The Labute approximate surface area is 210 Å². The van der Waals surface area contributed by atoms with Crippen molar-refractivity contribution < 1.29 is 4.79 Å². The van der Waals surface area contributed by atoms with Crippen LogP contribution in [-0.2, 0) is 4.79 Å². The van der Waals surface area contributed by atoms with E-state index in [2.05, 4.69) is 43.6 Å². The van der Waals surface area contributed by atoms with Gasteiger partial charge in [0.15, 0.2) is 10.1 Å². The molecular weight excluding hydrogens is 491 g/mol. The minimum absolute atomic E-state index is 0.0703. The fraction of sp³-hybridized carbons (Fsp3) is 0.391. The maximum Gasteiger partial charge on any atom is 0.219 e. The smallest absolute Gasteiger partial charge is 0.219 e. The normalized spacial score (nSPS) is 20.1. The van der Waals surface area contributed by atoms with Gasteiger partial charge in [0.1, 0.15) is 5.82 Å². The molecule has 1 aliphatic carbocycles. The van der Waals surface area contributed by atoms with Crippen molar-refractivity contribution in [2.75, 3.05) is 16.4 Å². The molecule has 3 heterocycles. The van der Waals surface area contributed by atoms with Gasteiger partial charge >= 0.3 is 0 Å². The number of hydrogen-bond donors (Lipinski definition) is 1. The molecule has 0 fully saturated rings. The molecule has 0 radical (unpaired) electrons. The molecule has 1 unspecified atom stereocenters. The first-order chi connectivity index (χ1) is 15.8. The second kappa shape index (κ2) is 9.66. The number of thioether (sulfide) groups is 2. The van der Waals surface area contributed by atoms with E-state index in [1.165, 1.54) is 11.3 Å². The molecule has 1 atom stereocenters. The Morgan fingerprint density at radius 2 is 2.18 bits per heavy atom. The van der Waals surface area contributed by atoms with E-state index >= 15 is 0 Å². The number of aromatic nitrogens is 2. The number of nitriles is 1. The van der Waals surface area contributed by atoms with Gasteiger partial charge in [-0.15, -0.1) is 39.9 Å². The third kappa shape index (κ3) is 4.52. The van der Waals surface area contributed by atoms with Crippen LogP contribution in [0.25, 0.3) is 0 Å². The Kier molecular flexibility index (Phi) is 7.05. The molecule has 33 heavy (non-hydrogen) atoms. The van der Waals surface area contributed by atoms with Gasteiger partial charge in [0.05, 0.1) is 21.8 Å². The Hall–Kier alpha value is -2.06. The quantitative estimate of drug-likeness (QED) is 0.358. The number of rotatable bonds is 7. The Balaban J connectivity index is 1.91. The molecule has 0 spiro atoms. The molecule has 2 aromatic heterocycles. The Morgan fingerprint density at radius 3 is 2.88 bits per heavy atom. The van der Waals surface area contributed by atoms with Crippen LogP contribution in [-0.4, -0.2) is 27.5 Å². The van der Waals surface area contributed by atoms with Crippen LogP contribution in [0.4, 0.5) is 5.13 Å². The summed E-state index contributed by atoms with van der Waals surface area (Å²) >= 11 is 6.33. The minimum atomic E-state index is -0.451. The predicted molar refractivity (Wildman–Crippen MR) is 139 cm³/mol. The zero-order valence-corrected chi connectivity index (χ0v) is 22.0. The van der Waals surface area contributed by atoms with Crippen LogP contribution in [0.3, 0.4) is 0 Å². The van der Waals surface area contributed by atoms with Crippen molar-refractivity contribution in [1.82, 2.24) is 10.2 Å². The second-order valence-electron chi connectivity index (χ2n) is 8.53. The average Bonchev–Trinajstić information content (AvgIpc) is 3.40. The van der Waals surface area contributed by atoms with E-state index in [1.807, 2.05) is 17.5 Å². The van der Waals surface area contributed by atoms with Crippen LogP contribution in [0.2, 0.25) is 0 Å². The summed E-state index contributed by atoms with van der Waals surface area (Å²) in [5.74, 6) is 1.59. The van der Waals surface area contributed by atoms with E-state index < -0.39 is 5.92 Å². The zero-order chi connectivity index (χ0) is 23.8. The van der Waals surface area contributed by atoms with Gasteiger partial charge in [-0.1, -0.05) is 49.9 Å². The third-order valence-electron chi connectivity index (χ3n) is 5.54. The number of hydrogen-bond acceptors (Lipinski definition) is 10. The molecule has 2 aromatic rings. The molecule has 10 heteroatoms. The first kappa shape index (κ1) is 24.1. The number of carbonyl (C=O) groups excluding carboxylic acids is 1. The molecule has 0 saturated carbocycles. The maximum atomic E-state index is 13.6. The van der Waals surface area contributed by atoms with Gasteiger partial charge in [-0.25, -0.2) is 0 Å². The largest absolute Gasteiger partial charge is 0.384 e. The molecule has 1 aliphatic heterocycles. The van der Waals surface area contributed by atoms with Gasteiger partial charge in [-0.3, -0.25) is 9.69 Å². The van der Waals surface area contributed by atoms with E-state index in [-0.39, 0.29) is 11.2 Å². The SMILES string of the molecule is C=CCSc1nnc(N2C(N)=C(C#N)C(c3ccsc3SCC)C3=C2CC(C)(C)CC3=O)s1. The second-order valence-corrected chi connectivity index (χ2v) is 13.2. The van der Waals surface area contributed by atoms with Crippen LogP contribution in [0.1, 0.15) is 45.1 Å². The van der Waals surface area contributed by atoms with Crippen LogP contribution in [0.15, 0.2) is 55.3 Å². The van der Waals surface area contributed by atoms with Crippen LogP contribution < -0.4 is 10.6 Å². The fourth-order valence-electron chi connectivity index (χ4n) is 4.29. The summed E-state index contributed by atoms with van der Waals surface area (Å²) in [6.45, 7) is 10.0. The number of carbonyl (C=O) groups is 1. The van der Waals surface area contributed by atoms with Crippen LogP contribution >= 0.6 is 46.2 Å². The van der Waals surface area contributed by atoms with E-state index in [0.29, 0.717) is 34.9 Å². The Bertz CT molecular complexity index is 1200. The maximum absolute atomic E-state index is 13.6. The number of ketones is 1. The zero-order valence-electron chi connectivity index (χ0n) is 18.8.